The Balaban J connectivity index is 1.51. The highest BCUT2D eigenvalue weighted by atomic mass is 32.2. The van der Waals surface area contributed by atoms with Gasteiger partial charge in [-0.25, -0.2) is 8.42 Å². The quantitative estimate of drug-likeness (QED) is 0.579. The third-order valence-electron chi connectivity index (χ3n) is 6.18. The van der Waals surface area contributed by atoms with Crippen molar-refractivity contribution >= 4 is 32.6 Å². The minimum Gasteiger partial charge on any atom is -0.351 e. The number of hydrogen-bond acceptors (Lipinski definition) is 4. The fourth-order valence-electron chi connectivity index (χ4n) is 4.19. The number of sulfone groups is 1. The van der Waals surface area contributed by atoms with Crippen molar-refractivity contribution in [1.82, 2.24) is 14.8 Å². The molecule has 8 heteroatoms. The van der Waals surface area contributed by atoms with E-state index in [9.17, 15) is 18.0 Å². The molecule has 0 radical (unpaired) electrons. The molecular weight excluding hydrogens is 438 g/mol. The van der Waals surface area contributed by atoms with Crippen molar-refractivity contribution in [3.05, 3.63) is 66.4 Å². The average Bonchev–Trinajstić information content (AvgIpc) is 3.18. The van der Waals surface area contributed by atoms with Crippen LogP contribution in [0, 0.1) is 5.92 Å². The number of amides is 2. The number of benzene rings is 2. The number of fused-ring (bicyclic) bond motifs is 1. The van der Waals surface area contributed by atoms with E-state index in [1.54, 1.807) is 22.8 Å². The van der Waals surface area contributed by atoms with Crippen LogP contribution in [-0.4, -0.2) is 48.5 Å². The number of rotatable bonds is 7. The van der Waals surface area contributed by atoms with Crippen LogP contribution in [-0.2, 0) is 32.5 Å². The smallest absolute Gasteiger partial charge is 0.242 e. The van der Waals surface area contributed by atoms with Crippen LogP contribution in [0.3, 0.4) is 0 Å². The highest BCUT2D eigenvalue weighted by Gasteiger charge is 2.26. The zero-order valence-electron chi connectivity index (χ0n) is 18.7. The van der Waals surface area contributed by atoms with Gasteiger partial charge in [-0.1, -0.05) is 55.5 Å². The molecule has 0 spiro atoms. The maximum atomic E-state index is 13.1. The molecule has 33 heavy (non-hydrogen) atoms. The summed E-state index contributed by atoms with van der Waals surface area (Å²) in [5.74, 6) is -0.612. The van der Waals surface area contributed by atoms with Crippen LogP contribution in [0.5, 0.6) is 0 Å². The second-order valence-electron chi connectivity index (χ2n) is 8.72. The number of likely N-dealkylation sites (tertiary alicyclic amines) is 1. The predicted molar refractivity (Wildman–Crippen MR) is 127 cm³/mol. The largest absolute Gasteiger partial charge is 0.351 e. The van der Waals surface area contributed by atoms with E-state index in [1.165, 1.54) is 6.20 Å². The van der Waals surface area contributed by atoms with Crippen molar-refractivity contribution in [2.24, 2.45) is 5.92 Å². The highest BCUT2D eigenvalue weighted by molar-refractivity contribution is 7.92. The van der Waals surface area contributed by atoms with Crippen molar-refractivity contribution in [2.45, 2.75) is 37.8 Å². The Morgan fingerprint density at radius 3 is 2.39 bits per heavy atom. The molecule has 2 amide bonds. The Bertz CT molecular complexity index is 1240. The van der Waals surface area contributed by atoms with E-state index < -0.39 is 21.5 Å². The van der Waals surface area contributed by atoms with Crippen molar-refractivity contribution in [1.29, 1.82) is 0 Å². The van der Waals surface area contributed by atoms with E-state index in [4.69, 9.17) is 0 Å². The van der Waals surface area contributed by atoms with Gasteiger partial charge < -0.3 is 14.8 Å². The first-order chi connectivity index (χ1) is 15.8. The highest BCUT2D eigenvalue weighted by Crippen LogP contribution is 2.27. The lowest BCUT2D eigenvalue weighted by Crippen LogP contribution is -2.39. The average molecular weight is 468 g/mol. The fourth-order valence-corrected chi connectivity index (χ4v) is 5.59. The summed E-state index contributed by atoms with van der Waals surface area (Å²) in [6, 6.07) is 16.4. The zero-order valence-corrected chi connectivity index (χ0v) is 19.6. The molecule has 3 aromatic rings. The first-order valence-corrected chi connectivity index (χ1v) is 12.9. The van der Waals surface area contributed by atoms with Gasteiger partial charge in [0.25, 0.3) is 0 Å². The van der Waals surface area contributed by atoms with Gasteiger partial charge in [-0.2, -0.15) is 0 Å². The molecule has 0 saturated carbocycles. The molecule has 2 aromatic carbocycles. The van der Waals surface area contributed by atoms with E-state index in [-0.39, 0.29) is 23.9 Å². The number of nitrogens with zero attached hydrogens (tertiary/aromatic N) is 2. The molecular formula is C25H29N3O4S. The van der Waals surface area contributed by atoms with Gasteiger partial charge >= 0.3 is 0 Å². The van der Waals surface area contributed by atoms with Gasteiger partial charge in [0, 0.05) is 36.7 Å². The normalized spacial score (nSPS) is 15.0. The summed E-state index contributed by atoms with van der Waals surface area (Å²) in [7, 11) is -3.90. The summed E-state index contributed by atoms with van der Waals surface area (Å²) in [4.78, 5) is 27.2. The van der Waals surface area contributed by atoms with E-state index in [2.05, 4.69) is 12.2 Å². The molecule has 4 rings (SSSR count). The number of piperidine rings is 1. The Kier molecular flexibility index (Phi) is 6.83. The summed E-state index contributed by atoms with van der Waals surface area (Å²) in [6.07, 6.45) is 3.46. The van der Waals surface area contributed by atoms with E-state index in [1.807, 2.05) is 41.3 Å². The van der Waals surface area contributed by atoms with Crippen molar-refractivity contribution in [2.75, 3.05) is 18.8 Å². The molecule has 2 heterocycles. The van der Waals surface area contributed by atoms with Gasteiger partial charge in [-0.15, -0.1) is 0 Å². The van der Waals surface area contributed by atoms with Crippen LogP contribution in [0.2, 0.25) is 0 Å². The molecule has 1 fully saturated rings. The molecule has 1 saturated heterocycles. The van der Waals surface area contributed by atoms with Crippen molar-refractivity contribution in [3.8, 4) is 0 Å². The molecule has 0 atom stereocenters. The van der Waals surface area contributed by atoms with Gasteiger partial charge in [0.05, 0.1) is 4.90 Å². The number of aromatic nitrogens is 1. The Morgan fingerprint density at radius 2 is 1.67 bits per heavy atom. The van der Waals surface area contributed by atoms with Gasteiger partial charge in [-0.3, -0.25) is 9.59 Å². The molecule has 1 N–H and O–H groups in total. The summed E-state index contributed by atoms with van der Waals surface area (Å²) < 4.78 is 28.0. The summed E-state index contributed by atoms with van der Waals surface area (Å²) in [6.45, 7) is 3.98. The lowest BCUT2D eigenvalue weighted by atomic mass is 9.99. The Labute approximate surface area is 194 Å². The van der Waals surface area contributed by atoms with Crippen LogP contribution in [0.15, 0.2) is 65.7 Å². The van der Waals surface area contributed by atoms with E-state index in [0.717, 1.165) is 31.5 Å². The van der Waals surface area contributed by atoms with Crippen molar-refractivity contribution in [3.63, 3.8) is 0 Å². The summed E-state index contributed by atoms with van der Waals surface area (Å²) in [5, 5.41) is 3.19. The van der Waals surface area contributed by atoms with Gasteiger partial charge in [0.1, 0.15) is 12.3 Å². The first-order valence-electron chi connectivity index (χ1n) is 11.2. The maximum Gasteiger partial charge on any atom is 0.242 e. The minimum atomic E-state index is -3.90. The Morgan fingerprint density at radius 1 is 1.00 bits per heavy atom. The SMILES string of the molecule is CC1CCN(C(=O)Cn2cc(S(=O)(=O)CC(=O)NCc3ccccc3)c3ccccc32)CC1. The van der Waals surface area contributed by atoms with Crippen LogP contribution in [0.25, 0.3) is 10.9 Å². The molecule has 0 unspecified atom stereocenters. The second-order valence-corrected chi connectivity index (χ2v) is 10.7. The molecule has 1 aliphatic rings. The van der Waals surface area contributed by atoms with Crippen LogP contribution in [0.1, 0.15) is 25.3 Å². The monoisotopic (exact) mass is 467 g/mol. The van der Waals surface area contributed by atoms with Gasteiger partial charge in [-0.05, 0) is 30.4 Å². The lowest BCUT2D eigenvalue weighted by molar-refractivity contribution is -0.133. The van der Waals surface area contributed by atoms with Crippen LogP contribution < -0.4 is 5.32 Å². The van der Waals surface area contributed by atoms with Crippen LogP contribution >= 0.6 is 0 Å². The Hall–Kier alpha value is -3.13. The van der Waals surface area contributed by atoms with Crippen LogP contribution in [0.4, 0.5) is 0 Å². The maximum absolute atomic E-state index is 13.1. The molecule has 7 nitrogen and oxygen atoms in total. The molecule has 0 aliphatic carbocycles. The second kappa shape index (κ2) is 9.79. The van der Waals surface area contributed by atoms with Gasteiger partial charge in [0.15, 0.2) is 9.84 Å². The number of nitrogens with one attached hydrogen (secondary N) is 1. The predicted octanol–water partition coefficient (Wildman–Crippen LogP) is 2.99. The number of para-hydroxylation sites is 1. The summed E-state index contributed by atoms with van der Waals surface area (Å²) >= 11 is 0. The lowest BCUT2D eigenvalue weighted by Gasteiger charge is -2.30. The molecule has 0 bridgehead atoms. The summed E-state index contributed by atoms with van der Waals surface area (Å²) in [5.41, 5.74) is 1.56. The fraction of sp³-hybridized carbons (Fsp3) is 0.360. The van der Waals surface area contributed by atoms with E-state index in [0.29, 0.717) is 16.8 Å². The minimum absolute atomic E-state index is 0.0211. The third kappa shape index (κ3) is 5.45. The molecule has 1 aromatic heterocycles. The number of carbonyl (C=O) groups is 2. The molecule has 174 valence electrons. The first kappa shape index (κ1) is 23.0. The number of hydrogen-bond donors (Lipinski definition) is 1. The van der Waals surface area contributed by atoms with Gasteiger partial charge in [0.2, 0.25) is 11.8 Å². The number of carbonyl (C=O) groups excluding carboxylic acids is 2. The third-order valence-corrected chi connectivity index (χ3v) is 7.82. The molecule has 1 aliphatic heterocycles. The van der Waals surface area contributed by atoms with Crippen molar-refractivity contribution < 1.29 is 18.0 Å². The topological polar surface area (TPSA) is 88.5 Å². The zero-order chi connectivity index (χ0) is 23.4. The van der Waals surface area contributed by atoms with E-state index >= 15 is 0 Å². The standard InChI is InChI=1S/C25H29N3O4S/c1-19-11-13-27(14-12-19)25(30)17-28-16-23(21-9-5-6-10-22(21)28)33(31,32)18-24(29)26-15-20-7-3-2-4-8-20/h2-10,16,19H,11-15,17-18H2,1H3,(H,26,29).